The third kappa shape index (κ3) is 7.38. The fraction of sp³-hybridized carbons (Fsp3) is 0.172. The van der Waals surface area contributed by atoms with Gasteiger partial charge in [-0.15, -0.1) is 0 Å². The van der Waals surface area contributed by atoms with Crippen LogP contribution in [0.25, 0.3) is 10.8 Å². The fourth-order valence-electron chi connectivity index (χ4n) is 3.37. The average Bonchev–Trinajstić information content (AvgIpc) is 2.86. The van der Waals surface area contributed by atoms with Crippen molar-refractivity contribution in [3.05, 3.63) is 95.6 Å². The van der Waals surface area contributed by atoms with E-state index in [1.54, 1.807) is 25.4 Å². The van der Waals surface area contributed by atoms with Crippen LogP contribution in [0, 0.1) is 6.92 Å². The number of hydrogen-bond acceptors (Lipinski definition) is 4. The minimum atomic E-state index is -0.0591. The van der Waals surface area contributed by atoms with E-state index in [0.717, 1.165) is 40.6 Å². The molecule has 5 heteroatoms. The van der Waals surface area contributed by atoms with E-state index < -0.39 is 0 Å². The molecule has 0 aliphatic carbocycles. The first-order chi connectivity index (χ1) is 16.0. The van der Waals surface area contributed by atoms with Crippen LogP contribution in [0.15, 0.2) is 88.8 Å². The van der Waals surface area contributed by atoms with Gasteiger partial charge in [-0.1, -0.05) is 62.4 Å². The van der Waals surface area contributed by atoms with E-state index in [4.69, 9.17) is 0 Å². The molecule has 0 saturated carbocycles. The molecular formula is C29H30N2O2Pd. The molecule has 178 valence electrons. The molecule has 0 radical (unpaired) electrons. The van der Waals surface area contributed by atoms with Gasteiger partial charge in [0.05, 0.1) is 11.4 Å². The normalized spacial score (nSPS) is 10.8. The second-order valence-corrected chi connectivity index (χ2v) is 7.69. The summed E-state index contributed by atoms with van der Waals surface area (Å²) in [5, 5.41) is 20.7. The van der Waals surface area contributed by atoms with Crippen molar-refractivity contribution in [2.75, 3.05) is 0 Å². The van der Waals surface area contributed by atoms with E-state index in [1.807, 2.05) is 48.5 Å². The predicted octanol–water partition coefficient (Wildman–Crippen LogP) is 7.47. The first-order valence-electron chi connectivity index (χ1n) is 11.2. The average molecular weight is 545 g/mol. The van der Waals surface area contributed by atoms with Crippen molar-refractivity contribution in [1.29, 1.82) is 0 Å². The molecule has 0 atom stereocenters. The third-order valence-electron chi connectivity index (χ3n) is 5.46. The molecule has 0 fully saturated rings. The monoisotopic (exact) mass is 544 g/mol. The molecule has 0 heterocycles. The summed E-state index contributed by atoms with van der Waals surface area (Å²) in [5.74, 6) is -0.0881. The van der Waals surface area contributed by atoms with Gasteiger partial charge in [0.1, 0.15) is 0 Å². The molecule has 0 aliphatic rings. The Morgan fingerprint density at radius 1 is 0.706 bits per heavy atom. The van der Waals surface area contributed by atoms with Crippen molar-refractivity contribution in [3.8, 4) is 11.5 Å². The van der Waals surface area contributed by atoms with Crippen LogP contribution in [-0.2, 0) is 33.3 Å². The topological polar surface area (TPSA) is 65.2 Å². The SMILES string of the molecule is CCc1ccc(N=CC=Nc2ccc(CC)cc2)cc1.Cc1c(O)c(O)cc2ccccc12.[Pd]. The van der Waals surface area contributed by atoms with Crippen LogP contribution >= 0.6 is 0 Å². The number of hydrogen-bond donors (Lipinski definition) is 2. The first kappa shape index (κ1) is 27.0. The Kier molecular flexibility index (Phi) is 10.7. The van der Waals surface area contributed by atoms with Crippen LogP contribution in [0.5, 0.6) is 11.5 Å². The minimum absolute atomic E-state index is 0. The van der Waals surface area contributed by atoms with Crippen molar-refractivity contribution in [1.82, 2.24) is 0 Å². The molecule has 0 spiro atoms. The fourth-order valence-corrected chi connectivity index (χ4v) is 3.37. The zero-order chi connectivity index (χ0) is 23.6. The number of fused-ring (bicyclic) bond motifs is 1. The Labute approximate surface area is 215 Å². The summed E-state index contributed by atoms with van der Waals surface area (Å²) >= 11 is 0. The molecule has 0 aliphatic heterocycles. The summed E-state index contributed by atoms with van der Waals surface area (Å²) in [6.07, 6.45) is 5.57. The standard InChI is InChI=1S/C18H20N2.C11H10O2.Pd/c1-3-15-5-9-17(10-6-15)19-13-14-20-18-11-7-16(4-2)8-12-18;1-7-9-5-3-2-4-8(9)6-10(12)11(7)13;/h5-14H,3-4H2,1-2H3;2-6,12-13H,1H3;. The van der Waals surface area contributed by atoms with Crippen LogP contribution in [0.4, 0.5) is 11.4 Å². The molecule has 34 heavy (non-hydrogen) atoms. The Morgan fingerprint density at radius 2 is 1.18 bits per heavy atom. The summed E-state index contributed by atoms with van der Waals surface area (Å²) in [4.78, 5) is 8.71. The van der Waals surface area contributed by atoms with E-state index in [9.17, 15) is 10.2 Å². The Bertz CT molecular complexity index is 1190. The molecule has 0 unspecified atom stereocenters. The molecule has 4 aromatic rings. The number of benzene rings is 4. The van der Waals surface area contributed by atoms with Crippen molar-refractivity contribution >= 4 is 34.6 Å². The van der Waals surface area contributed by atoms with Crippen LogP contribution in [0.3, 0.4) is 0 Å². The maximum Gasteiger partial charge on any atom is 0.161 e. The van der Waals surface area contributed by atoms with Crippen LogP contribution in [-0.4, -0.2) is 22.6 Å². The predicted molar refractivity (Wildman–Crippen MR) is 140 cm³/mol. The molecular weight excluding hydrogens is 515 g/mol. The summed E-state index contributed by atoms with van der Waals surface area (Å²) in [6, 6.07) is 25.7. The number of phenolic OH excluding ortho intramolecular Hbond substituents is 2. The van der Waals surface area contributed by atoms with Crippen molar-refractivity contribution < 1.29 is 30.6 Å². The molecule has 4 rings (SSSR count). The smallest absolute Gasteiger partial charge is 0.161 e. The van der Waals surface area contributed by atoms with Crippen LogP contribution < -0.4 is 0 Å². The molecule has 0 saturated heterocycles. The van der Waals surface area contributed by atoms with Gasteiger partial charge in [-0.05, 0) is 72.0 Å². The maximum absolute atomic E-state index is 9.45. The second kappa shape index (κ2) is 13.4. The number of nitrogens with zero attached hydrogens (tertiary/aromatic N) is 2. The van der Waals surface area contributed by atoms with E-state index in [1.165, 1.54) is 11.1 Å². The quantitative estimate of drug-likeness (QED) is 0.155. The molecule has 0 amide bonds. The van der Waals surface area contributed by atoms with Gasteiger partial charge in [-0.3, -0.25) is 9.98 Å². The van der Waals surface area contributed by atoms with Crippen molar-refractivity contribution in [2.24, 2.45) is 9.98 Å². The van der Waals surface area contributed by atoms with Crippen LogP contribution in [0.1, 0.15) is 30.5 Å². The van der Waals surface area contributed by atoms with Gasteiger partial charge >= 0.3 is 0 Å². The summed E-state index contributed by atoms with van der Waals surface area (Å²) in [7, 11) is 0. The molecule has 2 N–H and O–H groups in total. The summed E-state index contributed by atoms with van der Waals surface area (Å²) in [6.45, 7) is 6.08. The van der Waals surface area contributed by atoms with Gasteiger partial charge in [0.2, 0.25) is 0 Å². The molecule has 4 nitrogen and oxygen atoms in total. The first-order valence-corrected chi connectivity index (χ1v) is 11.2. The van der Waals surface area contributed by atoms with E-state index in [2.05, 4.69) is 48.1 Å². The van der Waals surface area contributed by atoms with Gasteiger partial charge < -0.3 is 10.2 Å². The van der Waals surface area contributed by atoms with Gasteiger partial charge in [0.15, 0.2) is 11.5 Å². The summed E-state index contributed by atoms with van der Waals surface area (Å²) in [5.41, 5.74) is 5.28. The number of rotatable bonds is 5. The Hall–Kier alpha value is -3.26. The number of aryl methyl sites for hydroxylation is 3. The minimum Gasteiger partial charge on any atom is -0.504 e. The number of phenols is 2. The third-order valence-corrected chi connectivity index (χ3v) is 5.46. The molecule has 0 aromatic heterocycles. The summed E-state index contributed by atoms with van der Waals surface area (Å²) < 4.78 is 0. The van der Waals surface area contributed by atoms with Gasteiger partial charge in [-0.2, -0.15) is 0 Å². The number of aliphatic imine (C=N–C) groups is 2. The zero-order valence-corrected chi connectivity index (χ0v) is 21.2. The Morgan fingerprint density at radius 3 is 1.65 bits per heavy atom. The van der Waals surface area contributed by atoms with Crippen LogP contribution in [0.2, 0.25) is 0 Å². The zero-order valence-electron chi connectivity index (χ0n) is 19.7. The Balaban J connectivity index is 0.000000253. The van der Waals surface area contributed by atoms with Gasteiger partial charge in [0.25, 0.3) is 0 Å². The largest absolute Gasteiger partial charge is 0.504 e. The van der Waals surface area contributed by atoms with Crippen molar-refractivity contribution in [2.45, 2.75) is 33.6 Å². The molecule has 4 aromatic carbocycles. The van der Waals surface area contributed by atoms with E-state index in [0.29, 0.717) is 0 Å². The second-order valence-electron chi connectivity index (χ2n) is 7.69. The molecule has 0 bridgehead atoms. The van der Waals surface area contributed by atoms with Crippen molar-refractivity contribution in [3.63, 3.8) is 0 Å². The van der Waals surface area contributed by atoms with E-state index >= 15 is 0 Å². The number of aromatic hydroxyl groups is 2. The van der Waals surface area contributed by atoms with Gasteiger partial charge in [-0.25, -0.2) is 0 Å². The maximum atomic E-state index is 9.45. The van der Waals surface area contributed by atoms with Gasteiger partial charge in [0, 0.05) is 38.4 Å². The van der Waals surface area contributed by atoms with E-state index in [-0.39, 0.29) is 31.9 Å².